The number of hydrogen-bond acceptors (Lipinski definition) is 3. The first-order chi connectivity index (χ1) is 11.6. The van der Waals surface area contributed by atoms with Gasteiger partial charge in [-0.05, 0) is 45.1 Å². The second-order valence-corrected chi connectivity index (χ2v) is 6.00. The molecule has 144 valence electrons. The average Bonchev–Trinajstić information content (AvgIpc) is 3.00. The molecule has 0 bridgehead atoms. The van der Waals surface area contributed by atoms with Gasteiger partial charge in [-0.25, -0.2) is 0 Å². The summed E-state index contributed by atoms with van der Waals surface area (Å²) in [6, 6.07) is 2.50. The molecule has 0 radical (unpaired) electrons. The van der Waals surface area contributed by atoms with Crippen LogP contribution in [-0.2, 0) is 4.74 Å². The van der Waals surface area contributed by atoms with E-state index >= 15 is 0 Å². The third-order valence-corrected chi connectivity index (χ3v) is 3.81. The summed E-state index contributed by atoms with van der Waals surface area (Å²) in [7, 11) is 1.63. The number of nitrogens with zero attached hydrogens (tertiary/aromatic N) is 2. The fourth-order valence-electron chi connectivity index (χ4n) is 2.50. The zero-order valence-electron chi connectivity index (χ0n) is 17.5. The van der Waals surface area contributed by atoms with Crippen LogP contribution < -0.4 is 5.73 Å². The monoisotopic (exact) mass is 341 g/mol. The first-order valence-corrected chi connectivity index (χ1v) is 9.79. The number of methoxy groups -OCH3 is 1. The molecule has 4 heteroatoms. The van der Waals surface area contributed by atoms with Gasteiger partial charge < -0.3 is 10.5 Å². The second-order valence-electron chi connectivity index (χ2n) is 6.00. The third kappa shape index (κ3) is 12.5. The molecule has 2 saturated carbocycles. The van der Waals surface area contributed by atoms with E-state index in [9.17, 15) is 0 Å². The maximum atomic E-state index is 5.01. The van der Waals surface area contributed by atoms with Crippen molar-refractivity contribution in [2.24, 2.45) is 17.6 Å². The van der Waals surface area contributed by atoms with Crippen molar-refractivity contribution in [3.63, 3.8) is 0 Å². The minimum Gasteiger partial charge on any atom is -0.383 e. The van der Waals surface area contributed by atoms with E-state index < -0.39 is 0 Å². The van der Waals surface area contributed by atoms with E-state index in [1.807, 2.05) is 51.6 Å². The topological polar surface area (TPSA) is 53.1 Å². The van der Waals surface area contributed by atoms with Gasteiger partial charge >= 0.3 is 0 Å². The van der Waals surface area contributed by atoms with Crippen LogP contribution in [0.2, 0.25) is 0 Å². The Balaban J connectivity index is 0. The Labute approximate surface area is 151 Å². The van der Waals surface area contributed by atoms with Gasteiger partial charge in [0.05, 0.1) is 12.3 Å². The Hall–Kier alpha value is -0.870. The number of nitrogens with two attached hydrogens (primary N) is 1. The lowest BCUT2D eigenvalue weighted by Crippen LogP contribution is -2.05. The average molecular weight is 342 g/mol. The molecular weight excluding hydrogens is 298 g/mol. The summed E-state index contributed by atoms with van der Waals surface area (Å²) in [5.41, 5.74) is 6.10. The second kappa shape index (κ2) is 17.0. The molecule has 2 unspecified atom stereocenters. The fourth-order valence-corrected chi connectivity index (χ4v) is 2.50. The molecule has 1 aromatic heterocycles. The molecule has 24 heavy (non-hydrogen) atoms. The first-order valence-electron chi connectivity index (χ1n) is 9.79. The molecule has 2 aliphatic carbocycles. The van der Waals surface area contributed by atoms with Crippen LogP contribution in [0.4, 0.5) is 0 Å². The van der Waals surface area contributed by atoms with Crippen LogP contribution in [0.1, 0.15) is 79.0 Å². The van der Waals surface area contributed by atoms with Crippen molar-refractivity contribution in [3.8, 4) is 0 Å². The highest BCUT2D eigenvalue weighted by atomic mass is 16.5. The zero-order valence-corrected chi connectivity index (χ0v) is 17.5. The van der Waals surface area contributed by atoms with Gasteiger partial charge in [0.15, 0.2) is 0 Å². The highest BCUT2D eigenvalue weighted by Crippen LogP contribution is 2.51. The lowest BCUT2D eigenvalue weighted by molar-refractivity contribution is 0.207. The van der Waals surface area contributed by atoms with E-state index in [0.29, 0.717) is 19.2 Å². The summed E-state index contributed by atoms with van der Waals surface area (Å²) in [6.45, 7) is 15.5. The van der Waals surface area contributed by atoms with E-state index in [2.05, 4.69) is 23.7 Å². The van der Waals surface area contributed by atoms with Crippen LogP contribution in [0.25, 0.3) is 0 Å². The van der Waals surface area contributed by atoms with Crippen molar-refractivity contribution in [1.29, 1.82) is 0 Å². The largest absolute Gasteiger partial charge is 0.383 e. The minimum atomic E-state index is 0.485. The minimum absolute atomic E-state index is 0.485. The summed E-state index contributed by atoms with van der Waals surface area (Å²) < 4.78 is 6.52. The number of aryl methyl sites for hydroxylation is 1. The fraction of sp³-hybridized carbons (Fsp3) is 0.850. The molecular formula is C20H43N3O. The van der Waals surface area contributed by atoms with Crippen molar-refractivity contribution < 1.29 is 4.74 Å². The summed E-state index contributed by atoms with van der Waals surface area (Å²) >= 11 is 0. The van der Waals surface area contributed by atoms with Crippen LogP contribution in [0.3, 0.4) is 0 Å². The molecule has 0 aromatic carbocycles. The third-order valence-electron chi connectivity index (χ3n) is 3.81. The van der Waals surface area contributed by atoms with Gasteiger partial charge in [-0.2, -0.15) is 5.10 Å². The Morgan fingerprint density at radius 1 is 1.21 bits per heavy atom. The first kappa shape index (κ1) is 25.4. The van der Waals surface area contributed by atoms with Gasteiger partial charge in [0.1, 0.15) is 0 Å². The van der Waals surface area contributed by atoms with Crippen LogP contribution in [0.5, 0.6) is 0 Å². The van der Waals surface area contributed by atoms with Crippen LogP contribution in [-0.4, -0.2) is 30.0 Å². The maximum Gasteiger partial charge on any atom is 0.0593 e. The summed E-state index contributed by atoms with van der Waals surface area (Å²) in [5.74, 6) is 2.43. The Kier molecular flexibility index (Phi) is 17.9. The quantitative estimate of drug-likeness (QED) is 0.819. The Bertz CT molecular complexity index is 354. The summed E-state index contributed by atoms with van der Waals surface area (Å²) in [5, 5.41) is 4.23. The number of ether oxygens (including phenoxy) is 1. The summed E-state index contributed by atoms with van der Waals surface area (Å²) in [4.78, 5) is 0. The molecule has 0 spiro atoms. The van der Waals surface area contributed by atoms with Gasteiger partial charge in [-0.3, -0.25) is 4.68 Å². The van der Waals surface area contributed by atoms with Crippen LogP contribution >= 0.6 is 0 Å². The molecule has 0 amide bonds. The predicted octanol–water partition coefficient (Wildman–Crippen LogP) is 5.22. The smallest absolute Gasteiger partial charge is 0.0593 e. The predicted molar refractivity (Wildman–Crippen MR) is 106 cm³/mol. The molecule has 2 fully saturated rings. The molecule has 2 N–H and O–H groups in total. The molecule has 4 nitrogen and oxygen atoms in total. The van der Waals surface area contributed by atoms with Crippen molar-refractivity contribution >= 4 is 0 Å². The molecule has 1 heterocycles. The van der Waals surface area contributed by atoms with Gasteiger partial charge in [0.2, 0.25) is 0 Å². The van der Waals surface area contributed by atoms with Gasteiger partial charge in [0.25, 0.3) is 0 Å². The molecule has 2 aliphatic rings. The zero-order chi connectivity index (χ0) is 19.0. The van der Waals surface area contributed by atoms with E-state index in [4.69, 9.17) is 5.73 Å². The SMILES string of the molecule is C1CC2CC2C1.CC.CC.COCCN.Cc1ccn(C(C)C)n1. The number of fused-ring (bicyclic) bond motifs is 1. The van der Waals surface area contributed by atoms with Crippen LogP contribution in [0.15, 0.2) is 12.3 Å². The van der Waals surface area contributed by atoms with E-state index in [1.165, 1.54) is 18.3 Å². The molecule has 1 aromatic rings. The van der Waals surface area contributed by atoms with E-state index in [-0.39, 0.29) is 0 Å². The number of hydrogen-bond donors (Lipinski definition) is 1. The number of rotatable bonds is 3. The van der Waals surface area contributed by atoms with Crippen molar-refractivity contribution in [1.82, 2.24) is 9.78 Å². The highest BCUT2D eigenvalue weighted by molar-refractivity contribution is 4.95. The molecule has 0 saturated heterocycles. The lowest BCUT2D eigenvalue weighted by atomic mass is 10.3. The van der Waals surface area contributed by atoms with Crippen molar-refractivity contribution in [2.75, 3.05) is 20.3 Å². The maximum absolute atomic E-state index is 5.01. The van der Waals surface area contributed by atoms with Crippen molar-refractivity contribution in [2.45, 2.75) is 80.2 Å². The van der Waals surface area contributed by atoms with E-state index in [1.54, 1.807) is 26.4 Å². The standard InChI is InChI=1S/C7H12N2.C6H10.C3H9NO.2C2H6/c1-6(2)9-5-4-7(3)8-9;1-2-5-4-6(5)3-1;1-5-3-2-4;2*1-2/h4-6H,1-3H3;5-6H,1-4H2;2-4H2,1H3;2*1-2H3. The molecule has 3 rings (SSSR count). The van der Waals surface area contributed by atoms with Gasteiger partial charge in [-0.15, -0.1) is 0 Å². The van der Waals surface area contributed by atoms with Crippen molar-refractivity contribution in [3.05, 3.63) is 18.0 Å². The molecule has 2 atom stereocenters. The van der Waals surface area contributed by atoms with Gasteiger partial charge in [0, 0.05) is 25.9 Å². The van der Waals surface area contributed by atoms with Gasteiger partial charge in [-0.1, -0.05) is 47.0 Å². The number of aromatic nitrogens is 2. The Morgan fingerprint density at radius 2 is 1.75 bits per heavy atom. The normalized spacial score (nSPS) is 19.2. The van der Waals surface area contributed by atoms with E-state index in [0.717, 1.165) is 5.69 Å². The Morgan fingerprint density at radius 3 is 1.88 bits per heavy atom. The lowest BCUT2D eigenvalue weighted by Gasteiger charge is -2.02. The highest BCUT2D eigenvalue weighted by Gasteiger charge is 2.40. The summed E-state index contributed by atoms with van der Waals surface area (Å²) in [6.07, 6.45) is 8.24. The van der Waals surface area contributed by atoms with Crippen LogP contribution in [0, 0.1) is 18.8 Å². The molecule has 0 aliphatic heterocycles.